The number of aromatic nitrogens is 2. The minimum atomic E-state index is 0.309. The summed E-state index contributed by atoms with van der Waals surface area (Å²) in [6, 6.07) is 8.99. The van der Waals surface area contributed by atoms with E-state index >= 15 is 0 Å². The van der Waals surface area contributed by atoms with Gasteiger partial charge in [0.25, 0.3) is 0 Å². The molecule has 2 heterocycles. The topological polar surface area (TPSA) is 17.8 Å². The zero-order chi connectivity index (χ0) is 14.5. The highest BCUT2D eigenvalue weighted by atomic mass is 32.2. The average Bonchev–Trinajstić information content (AvgIpc) is 3.00. The van der Waals surface area contributed by atoms with Gasteiger partial charge in [0.15, 0.2) is 0 Å². The minimum Gasteiger partial charge on any atom is -0.335 e. The summed E-state index contributed by atoms with van der Waals surface area (Å²) >= 11 is 4.29. The van der Waals surface area contributed by atoms with E-state index in [-0.39, 0.29) is 0 Å². The lowest BCUT2D eigenvalue weighted by molar-refractivity contribution is 0.586. The van der Waals surface area contributed by atoms with Gasteiger partial charge in [0.1, 0.15) is 0 Å². The smallest absolute Gasteiger partial charge is 0.0946 e. The van der Waals surface area contributed by atoms with Gasteiger partial charge in [-0.2, -0.15) is 0 Å². The third-order valence-corrected chi connectivity index (χ3v) is 7.33. The fraction of sp³-hybridized carbons (Fsp3) is 0.471. The SMILES string of the molecule is Cc1ccc(CCC2(Cn3ccnc3)SCCCS2)cc1. The van der Waals surface area contributed by atoms with Crippen LogP contribution < -0.4 is 0 Å². The van der Waals surface area contributed by atoms with E-state index in [1.54, 1.807) is 0 Å². The van der Waals surface area contributed by atoms with Crippen LogP contribution in [0.2, 0.25) is 0 Å². The summed E-state index contributed by atoms with van der Waals surface area (Å²) in [5, 5.41) is 0. The fourth-order valence-corrected chi connectivity index (χ4v) is 5.99. The summed E-state index contributed by atoms with van der Waals surface area (Å²) in [6.07, 6.45) is 9.64. The quantitative estimate of drug-likeness (QED) is 0.814. The van der Waals surface area contributed by atoms with Gasteiger partial charge in [-0.05, 0) is 43.3 Å². The Bertz CT molecular complexity index is 543. The minimum absolute atomic E-state index is 0.309. The van der Waals surface area contributed by atoms with Crippen molar-refractivity contribution < 1.29 is 0 Å². The Balaban J connectivity index is 1.68. The first-order valence-corrected chi connectivity index (χ1v) is 9.52. The Hall–Kier alpha value is -0.870. The molecule has 1 aliphatic heterocycles. The summed E-state index contributed by atoms with van der Waals surface area (Å²) in [6.45, 7) is 3.21. The molecule has 0 aliphatic carbocycles. The molecule has 1 aromatic heterocycles. The van der Waals surface area contributed by atoms with Crippen molar-refractivity contribution in [2.24, 2.45) is 0 Å². The molecule has 1 aromatic carbocycles. The molecule has 1 fully saturated rings. The molecule has 0 radical (unpaired) electrons. The van der Waals surface area contributed by atoms with Crippen molar-refractivity contribution in [1.82, 2.24) is 9.55 Å². The van der Waals surface area contributed by atoms with Gasteiger partial charge >= 0.3 is 0 Å². The lowest BCUT2D eigenvalue weighted by Gasteiger charge is -2.36. The van der Waals surface area contributed by atoms with Crippen molar-refractivity contribution >= 4 is 23.5 Å². The number of nitrogens with zero attached hydrogens (tertiary/aromatic N) is 2. The number of imidazole rings is 1. The highest BCUT2D eigenvalue weighted by Crippen LogP contribution is 2.46. The Kier molecular flexibility index (Phi) is 4.96. The molecule has 21 heavy (non-hydrogen) atoms. The highest BCUT2D eigenvalue weighted by molar-refractivity contribution is 8.18. The van der Waals surface area contributed by atoms with Gasteiger partial charge in [0, 0.05) is 18.9 Å². The number of hydrogen-bond donors (Lipinski definition) is 0. The monoisotopic (exact) mass is 318 g/mol. The maximum Gasteiger partial charge on any atom is 0.0946 e. The molecule has 112 valence electrons. The van der Waals surface area contributed by atoms with Crippen LogP contribution in [0.3, 0.4) is 0 Å². The average molecular weight is 319 g/mol. The van der Waals surface area contributed by atoms with Crippen molar-refractivity contribution in [3.05, 3.63) is 54.1 Å². The number of hydrogen-bond acceptors (Lipinski definition) is 3. The zero-order valence-electron chi connectivity index (χ0n) is 12.5. The standard InChI is InChI=1S/C17H22N2S2/c1-15-3-5-16(6-4-15)7-8-17(20-11-2-12-21-17)13-19-10-9-18-14-19/h3-6,9-10,14H,2,7-8,11-13H2,1H3. The van der Waals surface area contributed by atoms with Gasteiger partial charge in [0.05, 0.1) is 10.4 Å². The molecule has 0 N–H and O–H groups in total. The molecule has 1 aliphatic rings. The van der Waals surface area contributed by atoms with Crippen LogP contribution in [0.15, 0.2) is 43.0 Å². The Labute approximate surface area is 135 Å². The number of benzene rings is 1. The van der Waals surface area contributed by atoms with E-state index < -0.39 is 0 Å². The van der Waals surface area contributed by atoms with Crippen LogP contribution in [-0.2, 0) is 13.0 Å². The Morgan fingerprint density at radius 3 is 2.62 bits per heavy atom. The van der Waals surface area contributed by atoms with E-state index in [1.165, 1.54) is 35.5 Å². The summed E-state index contributed by atoms with van der Waals surface area (Å²) in [4.78, 5) is 4.19. The van der Waals surface area contributed by atoms with E-state index in [2.05, 4.69) is 70.5 Å². The Morgan fingerprint density at radius 1 is 1.19 bits per heavy atom. The maximum absolute atomic E-state index is 4.19. The largest absolute Gasteiger partial charge is 0.335 e. The van der Waals surface area contributed by atoms with E-state index in [0.29, 0.717) is 4.08 Å². The molecule has 1 saturated heterocycles. The fourth-order valence-electron chi connectivity index (χ4n) is 2.68. The first-order valence-electron chi connectivity index (χ1n) is 7.55. The van der Waals surface area contributed by atoms with Gasteiger partial charge in [-0.3, -0.25) is 0 Å². The number of aryl methyl sites for hydroxylation is 2. The summed E-state index contributed by atoms with van der Waals surface area (Å²) in [7, 11) is 0. The van der Waals surface area contributed by atoms with Crippen molar-refractivity contribution in [1.29, 1.82) is 0 Å². The molecule has 2 nitrogen and oxygen atoms in total. The van der Waals surface area contributed by atoms with Crippen molar-refractivity contribution in [3.8, 4) is 0 Å². The first kappa shape index (κ1) is 15.0. The van der Waals surface area contributed by atoms with E-state index in [4.69, 9.17) is 0 Å². The number of thioether (sulfide) groups is 2. The van der Waals surface area contributed by atoms with Gasteiger partial charge in [-0.1, -0.05) is 29.8 Å². The number of rotatable bonds is 5. The second-order valence-corrected chi connectivity index (χ2v) is 8.90. The molecule has 0 spiro atoms. The molecule has 0 bridgehead atoms. The van der Waals surface area contributed by atoms with Gasteiger partial charge in [0.2, 0.25) is 0 Å². The van der Waals surface area contributed by atoms with E-state index in [1.807, 2.05) is 12.5 Å². The summed E-state index contributed by atoms with van der Waals surface area (Å²) < 4.78 is 2.55. The molecule has 0 unspecified atom stereocenters. The first-order chi connectivity index (χ1) is 10.3. The lowest BCUT2D eigenvalue weighted by atomic mass is 10.1. The third kappa shape index (κ3) is 4.07. The normalized spacial score (nSPS) is 17.8. The van der Waals surface area contributed by atoms with Gasteiger partial charge in [-0.25, -0.2) is 4.98 Å². The summed E-state index contributed by atoms with van der Waals surface area (Å²) in [5.41, 5.74) is 2.80. The Morgan fingerprint density at radius 2 is 1.95 bits per heavy atom. The van der Waals surface area contributed by atoms with Crippen LogP contribution in [0.25, 0.3) is 0 Å². The molecule has 4 heteroatoms. The van der Waals surface area contributed by atoms with Crippen molar-refractivity contribution in [2.45, 2.75) is 36.8 Å². The van der Waals surface area contributed by atoms with Gasteiger partial charge < -0.3 is 4.57 Å². The molecule has 2 aromatic rings. The molecule has 0 amide bonds. The van der Waals surface area contributed by atoms with Crippen molar-refractivity contribution in [3.63, 3.8) is 0 Å². The molecule has 0 atom stereocenters. The summed E-state index contributed by atoms with van der Waals surface area (Å²) in [5.74, 6) is 2.57. The van der Waals surface area contributed by atoms with Crippen LogP contribution in [0.4, 0.5) is 0 Å². The van der Waals surface area contributed by atoms with E-state index in [0.717, 1.165) is 13.0 Å². The van der Waals surface area contributed by atoms with Crippen LogP contribution in [0.1, 0.15) is 24.0 Å². The second kappa shape index (κ2) is 6.93. The highest BCUT2D eigenvalue weighted by Gasteiger charge is 2.33. The second-order valence-electron chi connectivity index (χ2n) is 5.68. The predicted molar refractivity (Wildman–Crippen MR) is 94.0 cm³/mol. The molecular weight excluding hydrogens is 296 g/mol. The zero-order valence-corrected chi connectivity index (χ0v) is 14.1. The third-order valence-electron chi connectivity index (χ3n) is 3.92. The lowest BCUT2D eigenvalue weighted by Crippen LogP contribution is -2.31. The van der Waals surface area contributed by atoms with Crippen LogP contribution in [0, 0.1) is 6.92 Å². The maximum atomic E-state index is 4.19. The molecule has 3 rings (SSSR count). The predicted octanol–water partition coefficient (Wildman–Crippen LogP) is 4.39. The van der Waals surface area contributed by atoms with Crippen LogP contribution in [0.5, 0.6) is 0 Å². The molecular formula is C17H22N2S2. The van der Waals surface area contributed by atoms with Crippen molar-refractivity contribution in [2.75, 3.05) is 11.5 Å². The van der Waals surface area contributed by atoms with E-state index in [9.17, 15) is 0 Å². The van der Waals surface area contributed by atoms with Crippen LogP contribution >= 0.6 is 23.5 Å². The molecule has 0 saturated carbocycles. The van der Waals surface area contributed by atoms with Crippen LogP contribution in [-0.4, -0.2) is 25.1 Å². The van der Waals surface area contributed by atoms with Gasteiger partial charge in [-0.15, -0.1) is 23.5 Å².